The Bertz CT molecular complexity index is 1160. The Balaban J connectivity index is 1.81. The number of aromatic nitrogens is 3. The molecule has 0 aliphatic heterocycles. The van der Waals surface area contributed by atoms with Gasteiger partial charge in [0, 0.05) is 30.3 Å². The van der Waals surface area contributed by atoms with Crippen molar-refractivity contribution >= 4 is 34.0 Å². The number of hydrogen-bond acceptors (Lipinski definition) is 4. The van der Waals surface area contributed by atoms with E-state index in [1.807, 2.05) is 60.3 Å². The number of aliphatic carboxylic acids is 1. The number of aryl methyl sites for hydroxylation is 1. The molecule has 6 heteroatoms. The highest BCUT2D eigenvalue weighted by molar-refractivity contribution is 5.97. The molecule has 0 unspecified atom stereocenters. The second kappa shape index (κ2) is 6.33. The third kappa shape index (κ3) is 2.88. The third-order valence-electron chi connectivity index (χ3n) is 4.05. The highest BCUT2D eigenvalue weighted by atomic mass is 16.5. The number of carbonyl (C=O) groups is 1. The summed E-state index contributed by atoms with van der Waals surface area (Å²) in [5, 5.41) is 9.74. The highest BCUT2D eigenvalue weighted by Gasteiger charge is 2.12. The molecule has 1 N–H and O–H groups in total. The van der Waals surface area contributed by atoms with Crippen molar-refractivity contribution in [3.05, 3.63) is 66.5 Å². The zero-order valence-corrected chi connectivity index (χ0v) is 14.0. The lowest BCUT2D eigenvalue weighted by atomic mass is 10.1. The Morgan fingerprint density at radius 2 is 1.96 bits per heavy atom. The molecule has 128 valence electrons. The van der Waals surface area contributed by atoms with Crippen molar-refractivity contribution in [3.63, 3.8) is 0 Å². The number of hydrogen-bond donors (Lipinski definition) is 1. The standard InChI is InChI=1S/C20H15N3O3/c1-23-12-13(9-10-19(24)25)20-16(23)7-4-8-17(20)26-18-11-21-14-5-2-3-6-15(14)22-18/h2-12H,1H3,(H,24,25). The van der Waals surface area contributed by atoms with Crippen LogP contribution in [-0.4, -0.2) is 25.6 Å². The first-order chi connectivity index (χ1) is 12.6. The minimum Gasteiger partial charge on any atom is -0.478 e. The van der Waals surface area contributed by atoms with Gasteiger partial charge in [-0.15, -0.1) is 0 Å². The van der Waals surface area contributed by atoms with Gasteiger partial charge in [0.25, 0.3) is 0 Å². The van der Waals surface area contributed by atoms with Gasteiger partial charge in [0.2, 0.25) is 5.88 Å². The van der Waals surface area contributed by atoms with Crippen LogP contribution in [0.2, 0.25) is 0 Å². The van der Waals surface area contributed by atoms with Gasteiger partial charge >= 0.3 is 5.97 Å². The number of rotatable bonds is 4. The van der Waals surface area contributed by atoms with E-state index in [0.29, 0.717) is 11.6 Å². The molecule has 0 saturated heterocycles. The van der Waals surface area contributed by atoms with Crippen molar-refractivity contribution in [3.8, 4) is 11.6 Å². The van der Waals surface area contributed by atoms with Crippen LogP contribution in [0, 0.1) is 0 Å². The van der Waals surface area contributed by atoms with Crippen LogP contribution in [-0.2, 0) is 11.8 Å². The van der Waals surface area contributed by atoms with Crippen LogP contribution < -0.4 is 4.74 Å². The first kappa shape index (κ1) is 15.8. The lowest BCUT2D eigenvalue weighted by molar-refractivity contribution is -0.131. The monoisotopic (exact) mass is 345 g/mol. The van der Waals surface area contributed by atoms with Crippen LogP contribution in [0.25, 0.3) is 28.0 Å². The summed E-state index contributed by atoms with van der Waals surface area (Å²) in [4.78, 5) is 19.7. The lowest BCUT2D eigenvalue weighted by Gasteiger charge is -2.08. The summed E-state index contributed by atoms with van der Waals surface area (Å²) < 4.78 is 7.92. The smallest absolute Gasteiger partial charge is 0.328 e. The maximum atomic E-state index is 10.9. The zero-order chi connectivity index (χ0) is 18.1. The predicted molar refractivity (Wildman–Crippen MR) is 99.2 cm³/mol. The van der Waals surface area contributed by atoms with Gasteiger partial charge in [0.05, 0.1) is 22.7 Å². The molecule has 0 atom stereocenters. The summed E-state index contributed by atoms with van der Waals surface area (Å²) in [6.45, 7) is 0. The molecule has 0 fully saturated rings. The van der Waals surface area contributed by atoms with Gasteiger partial charge in [-0.05, 0) is 30.3 Å². The fourth-order valence-corrected chi connectivity index (χ4v) is 2.92. The van der Waals surface area contributed by atoms with E-state index in [4.69, 9.17) is 9.84 Å². The molecule has 0 aliphatic carbocycles. The quantitative estimate of drug-likeness (QED) is 0.566. The number of carboxylic acid groups (broad SMARTS) is 1. The number of ether oxygens (including phenoxy) is 1. The molecule has 6 nitrogen and oxygen atoms in total. The molecule has 0 amide bonds. The number of carboxylic acids is 1. The van der Waals surface area contributed by atoms with E-state index < -0.39 is 5.97 Å². The minimum atomic E-state index is -0.999. The molecule has 2 heterocycles. The molecule has 2 aromatic heterocycles. The van der Waals surface area contributed by atoms with Crippen molar-refractivity contribution in [1.82, 2.24) is 14.5 Å². The lowest BCUT2D eigenvalue weighted by Crippen LogP contribution is -1.92. The van der Waals surface area contributed by atoms with E-state index in [9.17, 15) is 4.79 Å². The van der Waals surface area contributed by atoms with Crippen molar-refractivity contribution in [2.24, 2.45) is 7.05 Å². The number of para-hydroxylation sites is 2. The van der Waals surface area contributed by atoms with E-state index in [1.54, 1.807) is 12.3 Å². The van der Waals surface area contributed by atoms with Crippen molar-refractivity contribution < 1.29 is 14.6 Å². The molecule has 0 aliphatic rings. The first-order valence-electron chi connectivity index (χ1n) is 8.00. The Morgan fingerprint density at radius 3 is 2.77 bits per heavy atom. The van der Waals surface area contributed by atoms with Crippen LogP contribution >= 0.6 is 0 Å². The van der Waals surface area contributed by atoms with E-state index in [0.717, 1.165) is 33.6 Å². The van der Waals surface area contributed by atoms with Gasteiger partial charge in [0.15, 0.2) is 0 Å². The fourth-order valence-electron chi connectivity index (χ4n) is 2.92. The van der Waals surface area contributed by atoms with Crippen molar-refractivity contribution in [1.29, 1.82) is 0 Å². The van der Waals surface area contributed by atoms with E-state index in [1.165, 1.54) is 0 Å². The van der Waals surface area contributed by atoms with Gasteiger partial charge in [-0.3, -0.25) is 0 Å². The van der Waals surface area contributed by atoms with Gasteiger partial charge in [-0.25, -0.2) is 14.8 Å². The van der Waals surface area contributed by atoms with Crippen LogP contribution in [0.4, 0.5) is 0 Å². The summed E-state index contributed by atoms with van der Waals surface area (Å²) in [5.74, 6) is -0.0215. The summed E-state index contributed by atoms with van der Waals surface area (Å²) in [6.07, 6.45) is 6.12. The summed E-state index contributed by atoms with van der Waals surface area (Å²) in [5.41, 5.74) is 3.23. The van der Waals surface area contributed by atoms with E-state index >= 15 is 0 Å². The average molecular weight is 345 g/mol. The van der Waals surface area contributed by atoms with Crippen LogP contribution in [0.1, 0.15) is 5.56 Å². The molecule has 0 bridgehead atoms. The van der Waals surface area contributed by atoms with E-state index in [-0.39, 0.29) is 0 Å². The Labute approximate surface area is 149 Å². The van der Waals surface area contributed by atoms with Crippen LogP contribution in [0.5, 0.6) is 11.6 Å². The van der Waals surface area contributed by atoms with Crippen molar-refractivity contribution in [2.75, 3.05) is 0 Å². The fraction of sp³-hybridized carbons (Fsp3) is 0.0500. The predicted octanol–water partition coefficient (Wildman–Crippen LogP) is 4.01. The maximum absolute atomic E-state index is 10.9. The van der Waals surface area contributed by atoms with Gasteiger partial charge in [0.1, 0.15) is 5.75 Å². The SMILES string of the molecule is Cn1cc(C=CC(=O)O)c2c(Oc3cnc4ccccc4n3)cccc21. The van der Waals surface area contributed by atoms with Gasteiger partial charge < -0.3 is 14.4 Å². The van der Waals surface area contributed by atoms with E-state index in [2.05, 4.69) is 9.97 Å². The molecular weight excluding hydrogens is 330 g/mol. The highest BCUT2D eigenvalue weighted by Crippen LogP contribution is 2.33. The second-order valence-corrected chi connectivity index (χ2v) is 5.82. The Hall–Kier alpha value is -3.67. The van der Waals surface area contributed by atoms with Gasteiger partial charge in [-0.2, -0.15) is 0 Å². The van der Waals surface area contributed by atoms with Gasteiger partial charge in [-0.1, -0.05) is 18.2 Å². The molecule has 26 heavy (non-hydrogen) atoms. The summed E-state index contributed by atoms with van der Waals surface area (Å²) in [7, 11) is 1.90. The number of benzene rings is 2. The van der Waals surface area contributed by atoms with Crippen LogP contribution in [0.15, 0.2) is 60.9 Å². The Kier molecular flexibility index (Phi) is 3.85. The second-order valence-electron chi connectivity index (χ2n) is 5.82. The Morgan fingerprint density at radius 1 is 1.15 bits per heavy atom. The summed E-state index contributed by atoms with van der Waals surface area (Å²) >= 11 is 0. The normalized spacial score (nSPS) is 11.4. The minimum absolute atomic E-state index is 0.383. The van der Waals surface area contributed by atoms with Crippen molar-refractivity contribution in [2.45, 2.75) is 0 Å². The largest absolute Gasteiger partial charge is 0.478 e. The first-order valence-corrected chi connectivity index (χ1v) is 8.00. The van der Waals surface area contributed by atoms with Crippen LogP contribution in [0.3, 0.4) is 0 Å². The molecule has 0 saturated carbocycles. The molecule has 0 spiro atoms. The maximum Gasteiger partial charge on any atom is 0.328 e. The average Bonchev–Trinajstić information content (AvgIpc) is 2.97. The topological polar surface area (TPSA) is 77.2 Å². The number of nitrogens with zero attached hydrogens (tertiary/aromatic N) is 3. The molecule has 4 rings (SSSR count). The summed E-state index contributed by atoms with van der Waals surface area (Å²) in [6, 6.07) is 13.2. The molecule has 0 radical (unpaired) electrons. The number of fused-ring (bicyclic) bond motifs is 2. The molecule has 2 aromatic carbocycles. The third-order valence-corrected chi connectivity index (χ3v) is 4.05. The molecular formula is C20H15N3O3. The molecule has 4 aromatic rings. The zero-order valence-electron chi connectivity index (χ0n) is 14.0.